The second-order valence-electron chi connectivity index (χ2n) is 0. The van der Waals surface area contributed by atoms with Gasteiger partial charge < -0.3 is 25.3 Å². The fourth-order valence-electron chi connectivity index (χ4n) is 0. The summed E-state index contributed by atoms with van der Waals surface area (Å²) < 4.78 is 0. The Balaban J connectivity index is -0.0000000133. The van der Waals surface area contributed by atoms with Gasteiger partial charge in [-0.2, -0.15) is 12.5 Å². The Morgan fingerprint density at radius 3 is 0.800 bits per heavy atom. The van der Waals surface area contributed by atoms with Gasteiger partial charge in [0.2, 0.25) is 0 Å². The summed E-state index contributed by atoms with van der Waals surface area (Å²) in [5, 5.41) is 0. The SMILES string of the molecule is C[S-].C[S-].[Y]. The molecule has 0 heterocycles. The third-order valence-corrected chi connectivity index (χ3v) is 0. The molecule has 0 saturated carbocycles. The topological polar surface area (TPSA) is 0 Å². The molecular weight excluding hydrogens is 177 g/mol. The van der Waals surface area contributed by atoms with Gasteiger partial charge in [-0.3, -0.25) is 0 Å². The molecule has 0 atom stereocenters. The maximum absolute atomic E-state index is 4.08. The van der Waals surface area contributed by atoms with Crippen LogP contribution < -0.4 is 0 Å². The zero-order valence-electron chi connectivity index (χ0n) is 3.39. The van der Waals surface area contributed by atoms with E-state index in [1.807, 2.05) is 0 Å². The van der Waals surface area contributed by atoms with Crippen LogP contribution in [-0.4, -0.2) is 12.5 Å². The summed E-state index contributed by atoms with van der Waals surface area (Å²) in [5.41, 5.74) is 0. The quantitative estimate of drug-likeness (QED) is 0.496. The molecule has 0 aliphatic rings. The van der Waals surface area contributed by atoms with E-state index in [1.165, 1.54) is 0 Å². The molecule has 0 N–H and O–H groups in total. The minimum atomic E-state index is 0. The molecule has 0 aromatic heterocycles. The van der Waals surface area contributed by atoms with Gasteiger partial charge in [0, 0.05) is 32.7 Å². The molecule has 0 aromatic rings. The maximum Gasteiger partial charge on any atom is 0 e. The summed E-state index contributed by atoms with van der Waals surface area (Å²) in [6.45, 7) is 0. The number of hydrogen-bond donors (Lipinski definition) is 0. The Kier molecular flexibility index (Phi) is 130. The first-order valence-electron chi connectivity index (χ1n) is 0.816. The van der Waals surface area contributed by atoms with Gasteiger partial charge in [-0.05, 0) is 0 Å². The third-order valence-electron chi connectivity index (χ3n) is 0. The van der Waals surface area contributed by atoms with E-state index in [-0.39, 0.29) is 32.7 Å². The average molecular weight is 183 g/mol. The molecule has 31 valence electrons. The van der Waals surface area contributed by atoms with Crippen LogP contribution in [0.4, 0.5) is 0 Å². The zero-order valence-corrected chi connectivity index (χ0v) is 7.87. The first kappa shape index (κ1) is 15.8. The van der Waals surface area contributed by atoms with E-state index in [0.29, 0.717) is 0 Å². The molecule has 0 amide bonds. The van der Waals surface area contributed by atoms with Crippen LogP contribution in [0.3, 0.4) is 0 Å². The molecule has 0 rings (SSSR count). The van der Waals surface area contributed by atoms with Gasteiger partial charge in [0.1, 0.15) is 0 Å². The predicted octanol–water partition coefficient (Wildman–Crippen LogP) is 0.324. The zero-order chi connectivity index (χ0) is 4.00. The maximum atomic E-state index is 4.08. The van der Waals surface area contributed by atoms with Crippen molar-refractivity contribution in [2.75, 3.05) is 12.5 Å². The van der Waals surface area contributed by atoms with Crippen molar-refractivity contribution in [1.29, 1.82) is 0 Å². The van der Waals surface area contributed by atoms with Crippen LogP contribution in [0, 0.1) is 0 Å². The Hall–Kier alpha value is 1.80. The summed E-state index contributed by atoms with van der Waals surface area (Å²) in [6, 6.07) is 0. The van der Waals surface area contributed by atoms with Gasteiger partial charge in [-0.25, -0.2) is 0 Å². The van der Waals surface area contributed by atoms with Crippen LogP contribution in [0.15, 0.2) is 0 Å². The van der Waals surface area contributed by atoms with Crippen molar-refractivity contribution < 1.29 is 32.7 Å². The minimum Gasteiger partial charge on any atom is -0.796 e. The molecule has 0 spiro atoms. The Morgan fingerprint density at radius 2 is 0.800 bits per heavy atom. The van der Waals surface area contributed by atoms with Gasteiger partial charge in [0.05, 0.1) is 0 Å². The van der Waals surface area contributed by atoms with E-state index >= 15 is 0 Å². The van der Waals surface area contributed by atoms with Crippen molar-refractivity contribution in [3.8, 4) is 0 Å². The number of hydrogen-bond acceptors (Lipinski definition) is 2. The minimum absolute atomic E-state index is 0. The smallest absolute Gasteiger partial charge is 0 e. The molecule has 0 unspecified atom stereocenters. The van der Waals surface area contributed by atoms with Crippen molar-refractivity contribution >= 4 is 25.3 Å². The molecule has 0 fully saturated rings. The Labute approximate surface area is 69.8 Å². The van der Waals surface area contributed by atoms with Crippen molar-refractivity contribution in [3.63, 3.8) is 0 Å². The summed E-state index contributed by atoms with van der Waals surface area (Å²) in [4.78, 5) is 0. The average Bonchev–Trinajstić information content (AvgIpc) is 1.50. The Bertz CT molecular complexity index is 7.61. The summed E-state index contributed by atoms with van der Waals surface area (Å²) >= 11 is 8.17. The molecule has 0 aliphatic carbocycles. The molecule has 0 aromatic carbocycles. The fourth-order valence-corrected chi connectivity index (χ4v) is 0. The normalized spacial score (nSPS) is 2.40. The fraction of sp³-hybridized carbons (Fsp3) is 1.00. The summed E-state index contributed by atoms with van der Waals surface area (Å²) in [6.07, 6.45) is 3.17. The van der Waals surface area contributed by atoms with Gasteiger partial charge >= 0.3 is 0 Å². The van der Waals surface area contributed by atoms with E-state index in [4.69, 9.17) is 0 Å². The largest absolute Gasteiger partial charge is 0.796 e. The second-order valence-corrected chi connectivity index (χ2v) is 0. The van der Waals surface area contributed by atoms with Crippen LogP contribution in [0.25, 0.3) is 0 Å². The van der Waals surface area contributed by atoms with Crippen LogP contribution in [-0.2, 0) is 58.0 Å². The first-order chi connectivity index (χ1) is 2.00. The van der Waals surface area contributed by atoms with Crippen molar-refractivity contribution in [1.82, 2.24) is 0 Å². The van der Waals surface area contributed by atoms with Crippen molar-refractivity contribution in [2.24, 2.45) is 0 Å². The number of rotatable bonds is 0. The molecule has 1 radical (unpaired) electrons. The van der Waals surface area contributed by atoms with E-state index < -0.39 is 0 Å². The van der Waals surface area contributed by atoms with E-state index in [1.54, 1.807) is 12.5 Å². The van der Waals surface area contributed by atoms with Crippen LogP contribution >= 0.6 is 0 Å². The summed E-state index contributed by atoms with van der Waals surface area (Å²) in [7, 11) is 0. The van der Waals surface area contributed by atoms with Gasteiger partial charge in [0.15, 0.2) is 0 Å². The van der Waals surface area contributed by atoms with Crippen LogP contribution in [0.1, 0.15) is 0 Å². The standard InChI is InChI=1S/2CH4S.Y/c2*1-2;/h2*2H,1H3;/p-2. The summed E-state index contributed by atoms with van der Waals surface area (Å²) in [5.74, 6) is 0. The van der Waals surface area contributed by atoms with E-state index in [2.05, 4.69) is 25.3 Å². The van der Waals surface area contributed by atoms with E-state index in [0.717, 1.165) is 0 Å². The van der Waals surface area contributed by atoms with Crippen molar-refractivity contribution in [3.05, 3.63) is 0 Å². The van der Waals surface area contributed by atoms with Gasteiger partial charge in [0.25, 0.3) is 0 Å². The molecular formula is C2H6S2Y-2. The Morgan fingerprint density at radius 1 is 0.800 bits per heavy atom. The van der Waals surface area contributed by atoms with Gasteiger partial charge in [-0.15, -0.1) is 0 Å². The van der Waals surface area contributed by atoms with Gasteiger partial charge in [-0.1, -0.05) is 0 Å². The first-order valence-corrected chi connectivity index (χ1v) is 2.45. The van der Waals surface area contributed by atoms with Crippen LogP contribution in [0.2, 0.25) is 0 Å². The monoisotopic (exact) mass is 183 g/mol. The third kappa shape index (κ3) is 25.8. The molecule has 5 heavy (non-hydrogen) atoms. The molecule has 0 saturated heterocycles. The van der Waals surface area contributed by atoms with Crippen LogP contribution in [0.5, 0.6) is 0 Å². The molecule has 3 heteroatoms. The van der Waals surface area contributed by atoms with E-state index in [9.17, 15) is 0 Å². The second kappa shape index (κ2) is 41.2. The molecule has 0 bridgehead atoms. The molecule has 0 nitrogen and oxygen atoms in total. The predicted molar refractivity (Wildman–Crippen MR) is 26.6 cm³/mol. The molecule has 0 aliphatic heterocycles. The van der Waals surface area contributed by atoms with Crippen molar-refractivity contribution in [2.45, 2.75) is 0 Å².